The molecule has 1 aromatic carbocycles. The summed E-state index contributed by atoms with van der Waals surface area (Å²) in [7, 11) is 0. The molecule has 2 aliphatic rings. The predicted molar refractivity (Wildman–Crippen MR) is 108 cm³/mol. The van der Waals surface area contributed by atoms with E-state index >= 15 is 0 Å². The van der Waals surface area contributed by atoms with Crippen LogP contribution in [0.1, 0.15) is 31.2 Å². The van der Waals surface area contributed by atoms with E-state index in [0.717, 1.165) is 37.8 Å². The summed E-state index contributed by atoms with van der Waals surface area (Å²) in [5.74, 6) is 0.720. The van der Waals surface area contributed by atoms with Crippen molar-refractivity contribution in [2.24, 2.45) is 11.8 Å². The zero-order valence-electron chi connectivity index (χ0n) is 15.4. The van der Waals surface area contributed by atoms with Gasteiger partial charge in [0.1, 0.15) is 5.82 Å². The average Bonchev–Trinajstić information content (AvgIpc) is 3.47. The minimum absolute atomic E-state index is 0.0766. The number of halogens is 2. The number of hydrogen-bond acceptors (Lipinski definition) is 3. The SMILES string of the molecule is O=C(Nc1ccnn1Cc1cccc(Cl)c1Cl)C1CCCN(C(=O)C2CC2)C1. The van der Waals surface area contributed by atoms with Gasteiger partial charge < -0.3 is 10.2 Å². The van der Waals surface area contributed by atoms with Crippen molar-refractivity contribution in [3.8, 4) is 0 Å². The number of likely N-dealkylation sites (tertiary alicyclic amines) is 1. The van der Waals surface area contributed by atoms with Gasteiger partial charge in [0.15, 0.2) is 0 Å². The van der Waals surface area contributed by atoms with Crippen molar-refractivity contribution in [2.75, 3.05) is 18.4 Å². The minimum Gasteiger partial charge on any atom is -0.342 e. The number of amides is 2. The van der Waals surface area contributed by atoms with Crippen molar-refractivity contribution in [2.45, 2.75) is 32.2 Å². The molecule has 2 aromatic rings. The number of piperidine rings is 1. The average molecular weight is 421 g/mol. The van der Waals surface area contributed by atoms with Gasteiger partial charge in [-0.15, -0.1) is 0 Å². The van der Waals surface area contributed by atoms with Gasteiger partial charge in [-0.3, -0.25) is 9.59 Å². The van der Waals surface area contributed by atoms with Crippen LogP contribution >= 0.6 is 23.2 Å². The molecular weight excluding hydrogens is 399 g/mol. The summed E-state index contributed by atoms with van der Waals surface area (Å²) in [5.41, 5.74) is 0.826. The van der Waals surface area contributed by atoms with E-state index in [1.54, 1.807) is 23.0 Å². The van der Waals surface area contributed by atoms with E-state index in [1.165, 1.54) is 0 Å². The number of rotatable bonds is 5. The topological polar surface area (TPSA) is 67.2 Å². The van der Waals surface area contributed by atoms with E-state index in [-0.39, 0.29) is 23.7 Å². The first-order chi connectivity index (χ1) is 13.5. The highest BCUT2D eigenvalue weighted by molar-refractivity contribution is 6.42. The van der Waals surface area contributed by atoms with Crippen LogP contribution in [-0.2, 0) is 16.1 Å². The Labute approximate surface area is 173 Å². The van der Waals surface area contributed by atoms with Crippen LogP contribution in [0.15, 0.2) is 30.5 Å². The Bertz CT molecular complexity index is 894. The van der Waals surface area contributed by atoms with Crippen LogP contribution in [0.2, 0.25) is 10.0 Å². The molecule has 1 aliphatic carbocycles. The van der Waals surface area contributed by atoms with E-state index in [2.05, 4.69) is 10.4 Å². The molecule has 0 spiro atoms. The smallest absolute Gasteiger partial charge is 0.230 e. The third-order valence-corrected chi connectivity index (χ3v) is 6.21. The molecule has 2 amide bonds. The molecule has 1 aromatic heterocycles. The molecule has 0 radical (unpaired) electrons. The Hall–Kier alpha value is -2.05. The maximum Gasteiger partial charge on any atom is 0.230 e. The summed E-state index contributed by atoms with van der Waals surface area (Å²) in [6.45, 7) is 1.65. The molecule has 6 nitrogen and oxygen atoms in total. The Morgan fingerprint density at radius 2 is 1.96 bits per heavy atom. The van der Waals surface area contributed by atoms with E-state index in [0.29, 0.717) is 29.0 Å². The Morgan fingerprint density at radius 1 is 1.14 bits per heavy atom. The van der Waals surface area contributed by atoms with Gasteiger partial charge in [0, 0.05) is 25.1 Å². The van der Waals surface area contributed by atoms with Crippen LogP contribution in [0.3, 0.4) is 0 Å². The Kier molecular flexibility index (Phi) is 5.60. The van der Waals surface area contributed by atoms with Gasteiger partial charge in [0.25, 0.3) is 0 Å². The molecular formula is C20H22Cl2N4O2. The molecule has 1 saturated heterocycles. The summed E-state index contributed by atoms with van der Waals surface area (Å²) >= 11 is 12.4. The molecule has 8 heteroatoms. The first kappa shape index (κ1) is 19.3. The molecule has 1 N–H and O–H groups in total. The second kappa shape index (κ2) is 8.13. The van der Waals surface area contributed by atoms with Crippen LogP contribution in [0.5, 0.6) is 0 Å². The van der Waals surface area contributed by atoms with Gasteiger partial charge in [-0.05, 0) is 37.3 Å². The van der Waals surface area contributed by atoms with Crippen molar-refractivity contribution in [1.82, 2.24) is 14.7 Å². The minimum atomic E-state index is -0.199. The number of aromatic nitrogens is 2. The third-order valence-electron chi connectivity index (χ3n) is 5.35. The first-order valence-electron chi connectivity index (χ1n) is 9.57. The fourth-order valence-corrected chi connectivity index (χ4v) is 3.98. The maximum atomic E-state index is 12.8. The zero-order valence-corrected chi connectivity index (χ0v) is 16.9. The number of hydrogen-bond donors (Lipinski definition) is 1. The molecule has 2 fully saturated rings. The van der Waals surface area contributed by atoms with Gasteiger partial charge in [-0.1, -0.05) is 35.3 Å². The second-order valence-electron chi connectivity index (χ2n) is 7.47. The van der Waals surface area contributed by atoms with Crippen LogP contribution < -0.4 is 5.32 Å². The van der Waals surface area contributed by atoms with E-state index in [9.17, 15) is 9.59 Å². The van der Waals surface area contributed by atoms with Gasteiger partial charge in [0.2, 0.25) is 11.8 Å². The summed E-state index contributed by atoms with van der Waals surface area (Å²) in [6, 6.07) is 7.20. The predicted octanol–water partition coefficient (Wildman–Crippen LogP) is 3.83. The fraction of sp³-hybridized carbons (Fsp3) is 0.450. The van der Waals surface area contributed by atoms with E-state index in [1.807, 2.05) is 17.0 Å². The Balaban J connectivity index is 1.42. The zero-order chi connectivity index (χ0) is 19.7. The monoisotopic (exact) mass is 420 g/mol. The first-order valence-corrected chi connectivity index (χ1v) is 10.3. The summed E-state index contributed by atoms with van der Waals surface area (Å²) in [5, 5.41) is 8.23. The molecule has 28 heavy (non-hydrogen) atoms. The van der Waals surface area contributed by atoms with Gasteiger partial charge in [-0.2, -0.15) is 5.10 Å². The van der Waals surface area contributed by atoms with Crippen LogP contribution in [0.4, 0.5) is 5.82 Å². The van der Waals surface area contributed by atoms with Crippen LogP contribution in [0, 0.1) is 11.8 Å². The van der Waals surface area contributed by atoms with Crippen molar-refractivity contribution >= 4 is 40.8 Å². The maximum absolute atomic E-state index is 12.8. The largest absolute Gasteiger partial charge is 0.342 e. The van der Waals surface area contributed by atoms with Gasteiger partial charge in [0.05, 0.1) is 28.7 Å². The van der Waals surface area contributed by atoms with Gasteiger partial charge >= 0.3 is 0 Å². The van der Waals surface area contributed by atoms with E-state index < -0.39 is 0 Å². The standard InChI is InChI=1S/C20H22Cl2N4O2/c21-16-5-1-3-14(18(16)22)12-26-17(8-9-23-26)24-19(27)15-4-2-10-25(11-15)20(28)13-6-7-13/h1,3,5,8-9,13,15H,2,4,6-7,10-12H2,(H,24,27). The lowest BCUT2D eigenvalue weighted by Crippen LogP contribution is -2.44. The molecule has 148 valence electrons. The lowest BCUT2D eigenvalue weighted by atomic mass is 9.96. The molecule has 2 heterocycles. The van der Waals surface area contributed by atoms with E-state index in [4.69, 9.17) is 23.2 Å². The number of nitrogens with zero attached hydrogens (tertiary/aromatic N) is 3. The summed E-state index contributed by atoms with van der Waals surface area (Å²) in [4.78, 5) is 27.0. The summed E-state index contributed by atoms with van der Waals surface area (Å²) < 4.78 is 1.69. The summed E-state index contributed by atoms with van der Waals surface area (Å²) in [6.07, 6.45) is 5.25. The lowest BCUT2D eigenvalue weighted by molar-refractivity contribution is -0.135. The molecule has 4 rings (SSSR count). The normalized spacial score (nSPS) is 19.5. The van der Waals surface area contributed by atoms with Crippen molar-refractivity contribution in [3.05, 3.63) is 46.1 Å². The lowest BCUT2D eigenvalue weighted by Gasteiger charge is -2.32. The molecule has 0 bridgehead atoms. The number of carbonyl (C=O) groups excluding carboxylic acids is 2. The van der Waals surface area contributed by atoms with Gasteiger partial charge in [-0.25, -0.2) is 4.68 Å². The van der Waals surface area contributed by atoms with Crippen LogP contribution in [-0.4, -0.2) is 39.6 Å². The number of nitrogens with one attached hydrogen (secondary N) is 1. The second-order valence-corrected chi connectivity index (χ2v) is 8.26. The highest BCUT2D eigenvalue weighted by Crippen LogP contribution is 2.33. The third kappa shape index (κ3) is 4.18. The highest BCUT2D eigenvalue weighted by Gasteiger charge is 2.36. The number of anilines is 1. The van der Waals surface area contributed by atoms with Crippen molar-refractivity contribution < 1.29 is 9.59 Å². The molecule has 1 saturated carbocycles. The number of benzene rings is 1. The Morgan fingerprint density at radius 3 is 2.75 bits per heavy atom. The van der Waals surface area contributed by atoms with Crippen LogP contribution in [0.25, 0.3) is 0 Å². The molecule has 1 unspecified atom stereocenters. The highest BCUT2D eigenvalue weighted by atomic mass is 35.5. The van der Waals surface area contributed by atoms with Crippen molar-refractivity contribution in [1.29, 1.82) is 0 Å². The fourth-order valence-electron chi connectivity index (χ4n) is 3.60. The quantitative estimate of drug-likeness (QED) is 0.798. The number of carbonyl (C=O) groups is 2. The molecule has 1 aliphatic heterocycles. The van der Waals surface area contributed by atoms with Crippen molar-refractivity contribution in [3.63, 3.8) is 0 Å². The molecule has 1 atom stereocenters.